The molecule has 4 heteroatoms. The Balaban J connectivity index is 2.70. The van der Waals surface area contributed by atoms with Crippen molar-refractivity contribution in [1.82, 2.24) is 4.90 Å². The third-order valence-corrected chi connectivity index (χ3v) is 3.46. The number of hydrogen-bond acceptors (Lipinski definition) is 3. The number of nitriles is 1. The van der Waals surface area contributed by atoms with Crippen LogP contribution in [-0.2, 0) is 4.79 Å². The van der Waals surface area contributed by atoms with Crippen molar-refractivity contribution < 1.29 is 4.79 Å². The Labute approximate surface area is 97.4 Å². The molecule has 1 fully saturated rings. The summed E-state index contributed by atoms with van der Waals surface area (Å²) in [4.78, 5) is 14.2. The largest absolute Gasteiger partial charge is 0.338 e. The van der Waals surface area contributed by atoms with Crippen molar-refractivity contribution >= 4 is 5.91 Å². The summed E-state index contributed by atoms with van der Waals surface area (Å²) < 4.78 is 0. The molecule has 16 heavy (non-hydrogen) atoms. The molecule has 1 aliphatic rings. The highest BCUT2D eigenvalue weighted by Gasteiger charge is 2.40. The summed E-state index contributed by atoms with van der Waals surface area (Å²) in [7, 11) is 0. The van der Waals surface area contributed by atoms with E-state index in [-0.39, 0.29) is 5.91 Å². The molecule has 0 bridgehead atoms. The van der Waals surface area contributed by atoms with Crippen LogP contribution in [0.5, 0.6) is 0 Å². The average molecular weight is 223 g/mol. The predicted octanol–water partition coefficient (Wildman–Crippen LogP) is 1.27. The highest BCUT2D eigenvalue weighted by molar-refractivity contribution is 5.83. The van der Waals surface area contributed by atoms with Crippen LogP contribution < -0.4 is 5.73 Å². The maximum absolute atomic E-state index is 12.4. The molecule has 0 aliphatic heterocycles. The van der Waals surface area contributed by atoms with Gasteiger partial charge >= 0.3 is 0 Å². The Morgan fingerprint density at radius 1 is 1.62 bits per heavy atom. The Kier molecular flexibility index (Phi) is 4.31. The molecule has 0 aromatic heterocycles. The van der Waals surface area contributed by atoms with Gasteiger partial charge in [0, 0.05) is 19.1 Å². The minimum Gasteiger partial charge on any atom is -0.338 e. The molecular weight excluding hydrogens is 202 g/mol. The maximum Gasteiger partial charge on any atom is 0.230 e. The molecule has 0 aromatic rings. The third kappa shape index (κ3) is 2.73. The molecule has 1 atom stereocenters. The molecule has 0 heterocycles. The summed E-state index contributed by atoms with van der Waals surface area (Å²) in [6.07, 6.45) is 3.30. The average Bonchev–Trinajstić information content (AvgIpc) is 3.12. The van der Waals surface area contributed by atoms with Crippen LogP contribution in [-0.4, -0.2) is 29.9 Å². The first-order valence-electron chi connectivity index (χ1n) is 5.97. The second kappa shape index (κ2) is 5.31. The van der Waals surface area contributed by atoms with Crippen molar-refractivity contribution in [3.05, 3.63) is 0 Å². The fourth-order valence-corrected chi connectivity index (χ4v) is 1.74. The SMILES string of the molecule is CCC(C)(CN)C(=O)N(CCC#N)C1CC1. The third-order valence-electron chi connectivity index (χ3n) is 3.46. The highest BCUT2D eigenvalue weighted by atomic mass is 16.2. The molecule has 1 rings (SSSR count). The van der Waals surface area contributed by atoms with Gasteiger partial charge in [-0.1, -0.05) is 6.92 Å². The second-order valence-corrected chi connectivity index (χ2v) is 4.76. The molecule has 1 amide bonds. The Morgan fingerprint density at radius 3 is 2.62 bits per heavy atom. The summed E-state index contributed by atoms with van der Waals surface area (Å²) in [5, 5.41) is 8.60. The zero-order valence-electron chi connectivity index (χ0n) is 10.2. The summed E-state index contributed by atoms with van der Waals surface area (Å²) in [5.41, 5.74) is 5.23. The standard InChI is InChI=1S/C12H21N3O/c1-3-12(2,9-14)11(16)15(8-4-7-13)10-5-6-10/h10H,3-6,8-9,14H2,1-2H3. The Hall–Kier alpha value is -1.08. The number of hydrogen-bond donors (Lipinski definition) is 1. The van der Waals surface area contributed by atoms with Crippen molar-refractivity contribution in [2.45, 2.75) is 45.6 Å². The van der Waals surface area contributed by atoms with Gasteiger partial charge in [0.15, 0.2) is 0 Å². The van der Waals surface area contributed by atoms with Crippen LogP contribution in [0.2, 0.25) is 0 Å². The van der Waals surface area contributed by atoms with Gasteiger partial charge in [-0.25, -0.2) is 0 Å². The second-order valence-electron chi connectivity index (χ2n) is 4.76. The van der Waals surface area contributed by atoms with Gasteiger partial charge in [0.2, 0.25) is 5.91 Å². The van der Waals surface area contributed by atoms with Crippen LogP contribution in [0.4, 0.5) is 0 Å². The molecule has 0 aromatic carbocycles. The number of nitrogens with zero attached hydrogens (tertiary/aromatic N) is 2. The van der Waals surface area contributed by atoms with Crippen LogP contribution in [0, 0.1) is 16.7 Å². The van der Waals surface area contributed by atoms with Crippen molar-refractivity contribution in [2.24, 2.45) is 11.1 Å². The quantitative estimate of drug-likeness (QED) is 0.737. The van der Waals surface area contributed by atoms with Gasteiger partial charge in [-0.15, -0.1) is 0 Å². The van der Waals surface area contributed by atoms with Crippen molar-refractivity contribution in [2.75, 3.05) is 13.1 Å². The molecule has 0 spiro atoms. The Morgan fingerprint density at radius 2 is 2.25 bits per heavy atom. The lowest BCUT2D eigenvalue weighted by Gasteiger charge is -2.32. The summed E-state index contributed by atoms with van der Waals surface area (Å²) >= 11 is 0. The molecule has 0 radical (unpaired) electrons. The molecule has 90 valence electrons. The zero-order chi connectivity index (χ0) is 12.2. The van der Waals surface area contributed by atoms with E-state index in [1.807, 2.05) is 18.7 Å². The molecular formula is C12H21N3O. The van der Waals surface area contributed by atoms with Crippen LogP contribution in [0.15, 0.2) is 0 Å². The van der Waals surface area contributed by atoms with Gasteiger partial charge in [-0.3, -0.25) is 4.79 Å². The van der Waals surface area contributed by atoms with Crippen molar-refractivity contribution in [3.63, 3.8) is 0 Å². The predicted molar refractivity (Wildman–Crippen MR) is 62.4 cm³/mol. The van der Waals surface area contributed by atoms with Gasteiger partial charge in [-0.05, 0) is 26.2 Å². The lowest BCUT2D eigenvalue weighted by atomic mass is 9.86. The maximum atomic E-state index is 12.4. The lowest BCUT2D eigenvalue weighted by molar-refractivity contribution is -0.141. The van der Waals surface area contributed by atoms with Gasteiger partial charge in [-0.2, -0.15) is 5.26 Å². The highest BCUT2D eigenvalue weighted by Crippen LogP contribution is 2.32. The topological polar surface area (TPSA) is 70.1 Å². The number of rotatable bonds is 6. The van der Waals surface area contributed by atoms with E-state index in [1.165, 1.54) is 0 Å². The summed E-state index contributed by atoms with van der Waals surface area (Å²) in [5.74, 6) is 0.121. The van der Waals surface area contributed by atoms with Crippen LogP contribution >= 0.6 is 0 Å². The van der Waals surface area contributed by atoms with Crippen molar-refractivity contribution in [3.8, 4) is 6.07 Å². The number of amides is 1. The van der Waals surface area contributed by atoms with E-state index in [2.05, 4.69) is 6.07 Å². The van der Waals surface area contributed by atoms with E-state index in [1.54, 1.807) is 0 Å². The first kappa shape index (κ1) is 13.0. The van der Waals surface area contributed by atoms with Crippen LogP contribution in [0.3, 0.4) is 0 Å². The van der Waals surface area contributed by atoms with E-state index < -0.39 is 5.41 Å². The molecule has 2 N–H and O–H groups in total. The van der Waals surface area contributed by atoms with Gasteiger partial charge < -0.3 is 10.6 Å². The minimum atomic E-state index is -0.460. The monoisotopic (exact) mass is 223 g/mol. The first-order chi connectivity index (χ1) is 7.59. The summed E-state index contributed by atoms with van der Waals surface area (Å²) in [6.45, 7) is 4.82. The van der Waals surface area contributed by atoms with E-state index in [9.17, 15) is 4.79 Å². The normalized spacial score (nSPS) is 18.6. The van der Waals surface area contributed by atoms with Crippen LogP contribution in [0.1, 0.15) is 39.5 Å². The molecule has 1 saturated carbocycles. The molecule has 1 unspecified atom stereocenters. The fraction of sp³-hybridized carbons (Fsp3) is 0.833. The van der Waals surface area contributed by atoms with Gasteiger partial charge in [0.25, 0.3) is 0 Å². The number of carbonyl (C=O) groups excluding carboxylic acids is 1. The van der Waals surface area contributed by atoms with Gasteiger partial charge in [0.05, 0.1) is 17.9 Å². The minimum absolute atomic E-state index is 0.121. The Bertz CT molecular complexity index is 287. The van der Waals surface area contributed by atoms with Crippen molar-refractivity contribution in [1.29, 1.82) is 5.26 Å². The lowest BCUT2D eigenvalue weighted by Crippen LogP contribution is -2.47. The van der Waals surface area contributed by atoms with Gasteiger partial charge in [0.1, 0.15) is 0 Å². The zero-order valence-corrected chi connectivity index (χ0v) is 10.2. The molecule has 4 nitrogen and oxygen atoms in total. The van der Waals surface area contributed by atoms with E-state index in [0.717, 1.165) is 19.3 Å². The van der Waals surface area contributed by atoms with E-state index >= 15 is 0 Å². The number of carbonyl (C=O) groups is 1. The number of nitrogens with two attached hydrogens (primary N) is 1. The fourth-order valence-electron chi connectivity index (χ4n) is 1.74. The van der Waals surface area contributed by atoms with Crippen LogP contribution in [0.25, 0.3) is 0 Å². The molecule has 0 saturated heterocycles. The van der Waals surface area contributed by atoms with E-state index in [4.69, 9.17) is 11.0 Å². The van der Waals surface area contributed by atoms with E-state index in [0.29, 0.717) is 25.6 Å². The smallest absolute Gasteiger partial charge is 0.230 e. The first-order valence-corrected chi connectivity index (χ1v) is 5.97. The summed E-state index contributed by atoms with van der Waals surface area (Å²) in [6, 6.07) is 2.46. The molecule has 1 aliphatic carbocycles.